The molecule has 0 fully saturated rings. The van der Waals surface area contributed by atoms with E-state index in [2.05, 4.69) is 26.0 Å². The van der Waals surface area contributed by atoms with Crippen molar-refractivity contribution in [3.63, 3.8) is 0 Å². The molecule has 0 aliphatic carbocycles. The molecule has 16 heavy (non-hydrogen) atoms. The van der Waals surface area contributed by atoms with E-state index in [4.69, 9.17) is 10.5 Å². The van der Waals surface area contributed by atoms with Crippen LogP contribution < -0.4 is 10.5 Å². The van der Waals surface area contributed by atoms with Crippen molar-refractivity contribution in [3.8, 4) is 5.75 Å². The average molecular weight is 244 g/mol. The summed E-state index contributed by atoms with van der Waals surface area (Å²) in [5.74, 6) is 1.44. The zero-order valence-electron chi connectivity index (χ0n) is 10.5. The quantitative estimate of drug-likeness (QED) is 0.879. The third kappa shape index (κ3) is 3.39. The molecule has 1 unspecified atom stereocenters. The summed E-state index contributed by atoms with van der Waals surface area (Å²) in [5, 5.41) is 0. The summed E-state index contributed by atoms with van der Waals surface area (Å²) >= 11 is 0. The van der Waals surface area contributed by atoms with Gasteiger partial charge in [0.2, 0.25) is 0 Å². The van der Waals surface area contributed by atoms with E-state index in [9.17, 15) is 0 Å². The Labute approximate surface area is 105 Å². The fraction of sp³-hybridized carbons (Fsp3) is 0.538. The summed E-state index contributed by atoms with van der Waals surface area (Å²) in [6, 6.07) is 6.30. The van der Waals surface area contributed by atoms with Gasteiger partial charge in [0, 0.05) is 6.04 Å². The minimum atomic E-state index is 0. The summed E-state index contributed by atoms with van der Waals surface area (Å²) in [5.41, 5.74) is 8.51. The topological polar surface area (TPSA) is 35.2 Å². The number of ether oxygens (including phenoxy) is 1. The van der Waals surface area contributed by atoms with E-state index in [1.54, 1.807) is 7.11 Å². The van der Waals surface area contributed by atoms with Gasteiger partial charge in [-0.1, -0.05) is 32.4 Å². The lowest BCUT2D eigenvalue weighted by molar-refractivity contribution is 0.410. The fourth-order valence-electron chi connectivity index (χ4n) is 1.69. The van der Waals surface area contributed by atoms with Crippen LogP contribution in [0.1, 0.15) is 37.4 Å². The van der Waals surface area contributed by atoms with Crippen LogP contribution in [0.3, 0.4) is 0 Å². The number of methoxy groups -OCH3 is 1. The smallest absolute Gasteiger partial charge is 0.121 e. The summed E-state index contributed by atoms with van der Waals surface area (Å²) in [4.78, 5) is 0. The number of nitrogens with two attached hydrogens (primary N) is 1. The van der Waals surface area contributed by atoms with Crippen LogP contribution in [0.5, 0.6) is 5.75 Å². The zero-order chi connectivity index (χ0) is 11.4. The van der Waals surface area contributed by atoms with E-state index < -0.39 is 0 Å². The molecule has 0 aliphatic heterocycles. The monoisotopic (exact) mass is 243 g/mol. The van der Waals surface area contributed by atoms with E-state index in [1.165, 1.54) is 5.56 Å². The van der Waals surface area contributed by atoms with Crippen LogP contribution in [-0.2, 0) is 0 Å². The molecule has 1 rings (SSSR count). The van der Waals surface area contributed by atoms with Gasteiger partial charge in [0.15, 0.2) is 0 Å². The second-order valence-corrected chi connectivity index (χ2v) is 4.14. The first-order valence-corrected chi connectivity index (χ1v) is 5.50. The van der Waals surface area contributed by atoms with Crippen molar-refractivity contribution >= 4 is 12.4 Å². The van der Waals surface area contributed by atoms with Crippen molar-refractivity contribution in [2.45, 2.75) is 33.2 Å². The molecule has 0 heterocycles. The number of benzene rings is 1. The maximum Gasteiger partial charge on any atom is 0.121 e. The minimum Gasteiger partial charge on any atom is -0.496 e. The lowest BCUT2D eigenvalue weighted by atomic mass is 9.92. The molecule has 1 aromatic rings. The molecular formula is C13H22ClNO. The second kappa shape index (κ2) is 6.77. The predicted octanol–water partition coefficient (Wildman–Crippen LogP) is 3.47. The highest BCUT2D eigenvalue weighted by Gasteiger charge is 2.13. The molecule has 0 saturated carbocycles. The van der Waals surface area contributed by atoms with Gasteiger partial charge in [-0.2, -0.15) is 0 Å². The van der Waals surface area contributed by atoms with Gasteiger partial charge >= 0.3 is 0 Å². The number of halogens is 1. The highest BCUT2D eigenvalue weighted by atomic mass is 35.5. The van der Waals surface area contributed by atoms with Crippen molar-refractivity contribution < 1.29 is 4.74 Å². The maximum absolute atomic E-state index is 6.17. The molecule has 0 aromatic heterocycles. The van der Waals surface area contributed by atoms with Gasteiger partial charge in [-0.05, 0) is 30.0 Å². The molecule has 0 radical (unpaired) electrons. The van der Waals surface area contributed by atoms with Gasteiger partial charge in [0.1, 0.15) is 5.75 Å². The van der Waals surface area contributed by atoms with Crippen molar-refractivity contribution in [1.29, 1.82) is 0 Å². The summed E-state index contributed by atoms with van der Waals surface area (Å²) in [6.45, 7) is 6.40. The van der Waals surface area contributed by atoms with Gasteiger partial charge in [-0.3, -0.25) is 0 Å². The van der Waals surface area contributed by atoms with Gasteiger partial charge in [0.05, 0.1) is 7.11 Å². The molecule has 92 valence electrons. The maximum atomic E-state index is 6.17. The first-order valence-electron chi connectivity index (χ1n) is 5.50. The van der Waals surface area contributed by atoms with Crippen molar-refractivity contribution in [1.82, 2.24) is 0 Å². The van der Waals surface area contributed by atoms with Gasteiger partial charge in [0.25, 0.3) is 0 Å². The molecule has 0 bridgehead atoms. The van der Waals surface area contributed by atoms with E-state index in [0.717, 1.165) is 17.7 Å². The van der Waals surface area contributed by atoms with Gasteiger partial charge in [-0.15, -0.1) is 12.4 Å². The van der Waals surface area contributed by atoms with E-state index in [1.807, 2.05) is 13.0 Å². The minimum absolute atomic E-state index is 0. The Kier molecular flexibility index (Phi) is 6.46. The zero-order valence-corrected chi connectivity index (χ0v) is 11.3. The normalized spacial score (nSPS) is 13.8. The van der Waals surface area contributed by atoms with Crippen molar-refractivity contribution in [2.24, 2.45) is 11.7 Å². The van der Waals surface area contributed by atoms with Crippen LogP contribution in [0.15, 0.2) is 18.2 Å². The third-order valence-electron chi connectivity index (χ3n) is 3.06. The molecule has 1 aromatic carbocycles. The van der Waals surface area contributed by atoms with Gasteiger partial charge < -0.3 is 10.5 Å². The van der Waals surface area contributed by atoms with Gasteiger partial charge in [-0.25, -0.2) is 0 Å². The standard InChI is InChI=1S/C13H21NO.ClH/c1-5-9(2)13(14)11-6-7-12(15-4)10(3)8-11;/h6-9,13H,5,14H2,1-4H3;1H/t9?,13-;/m1./s1. The largest absolute Gasteiger partial charge is 0.496 e. The van der Waals surface area contributed by atoms with Crippen LogP contribution in [-0.4, -0.2) is 7.11 Å². The Morgan fingerprint density at radius 3 is 2.44 bits per heavy atom. The number of hydrogen-bond donors (Lipinski definition) is 1. The first kappa shape index (κ1) is 15.3. The summed E-state index contributed by atoms with van der Waals surface area (Å²) < 4.78 is 5.23. The molecule has 2 nitrogen and oxygen atoms in total. The molecule has 0 amide bonds. The summed E-state index contributed by atoms with van der Waals surface area (Å²) in [6.07, 6.45) is 1.10. The predicted molar refractivity (Wildman–Crippen MR) is 71.4 cm³/mol. The lowest BCUT2D eigenvalue weighted by Crippen LogP contribution is -2.18. The van der Waals surface area contributed by atoms with Crippen LogP contribution in [0.2, 0.25) is 0 Å². The van der Waals surface area contributed by atoms with Crippen LogP contribution >= 0.6 is 12.4 Å². The summed E-state index contributed by atoms with van der Waals surface area (Å²) in [7, 11) is 1.69. The molecule has 0 aliphatic rings. The number of hydrogen-bond acceptors (Lipinski definition) is 2. The van der Waals surface area contributed by atoms with E-state index in [0.29, 0.717) is 5.92 Å². The molecule has 0 saturated heterocycles. The first-order chi connectivity index (χ1) is 7.10. The molecule has 0 spiro atoms. The highest BCUT2D eigenvalue weighted by molar-refractivity contribution is 5.85. The highest BCUT2D eigenvalue weighted by Crippen LogP contribution is 2.26. The Morgan fingerprint density at radius 1 is 1.38 bits per heavy atom. The third-order valence-corrected chi connectivity index (χ3v) is 3.06. The van der Waals surface area contributed by atoms with Crippen LogP contribution in [0, 0.1) is 12.8 Å². The average Bonchev–Trinajstić information content (AvgIpc) is 2.26. The molecular weight excluding hydrogens is 222 g/mol. The number of rotatable bonds is 4. The van der Waals surface area contributed by atoms with Crippen molar-refractivity contribution in [3.05, 3.63) is 29.3 Å². The van der Waals surface area contributed by atoms with Crippen LogP contribution in [0.4, 0.5) is 0 Å². The van der Waals surface area contributed by atoms with E-state index in [-0.39, 0.29) is 18.4 Å². The second-order valence-electron chi connectivity index (χ2n) is 4.14. The Morgan fingerprint density at radius 2 is 2.00 bits per heavy atom. The van der Waals surface area contributed by atoms with Crippen molar-refractivity contribution in [2.75, 3.05) is 7.11 Å². The fourth-order valence-corrected chi connectivity index (χ4v) is 1.69. The SMILES string of the molecule is CCC(C)[C@@H](N)c1ccc(OC)c(C)c1.Cl. The Bertz CT molecular complexity index is 328. The molecule has 2 N–H and O–H groups in total. The van der Waals surface area contributed by atoms with E-state index >= 15 is 0 Å². The number of aryl methyl sites for hydroxylation is 1. The molecule has 2 atom stereocenters. The molecule has 3 heteroatoms. The van der Waals surface area contributed by atoms with Crippen LogP contribution in [0.25, 0.3) is 0 Å². The Hall–Kier alpha value is -0.730. The Balaban J connectivity index is 0.00000225. The lowest BCUT2D eigenvalue weighted by Gasteiger charge is -2.19.